The predicted molar refractivity (Wildman–Crippen MR) is 106 cm³/mol. The number of carbonyl (C=O) groups excluding carboxylic acids is 1. The zero-order chi connectivity index (χ0) is 18.9. The minimum atomic E-state index is -3.29. The first-order valence-corrected chi connectivity index (χ1v) is 10.5. The Balaban J connectivity index is 2.00. The van der Waals surface area contributed by atoms with Crippen molar-refractivity contribution < 1.29 is 13.2 Å². The van der Waals surface area contributed by atoms with Gasteiger partial charge in [0.05, 0.1) is 11.8 Å². The van der Waals surface area contributed by atoms with Crippen molar-refractivity contribution in [2.75, 3.05) is 10.7 Å². The summed E-state index contributed by atoms with van der Waals surface area (Å²) >= 11 is 5.91. The van der Waals surface area contributed by atoms with Crippen LogP contribution in [0, 0.1) is 0 Å². The van der Waals surface area contributed by atoms with Crippen LogP contribution in [0.1, 0.15) is 35.7 Å². The first kappa shape index (κ1) is 18.7. The molecule has 0 spiro atoms. The normalized spacial score (nSPS) is 18.2. The minimum absolute atomic E-state index is 0.113. The quantitative estimate of drug-likeness (QED) is 0.777. The largest absolute Gasteiger partial charge is 0.300 e. The molecule has 0 saturated heterocycles. The van der Waals surface area contributed by atoms with Crippen molar-refractivity contribution in [2.45, 2.75) is 25.8 Å². The number of anilines is 1. The van der Waals surface area contributed by atoms with E-state index in [2.05, 4.69) is 13.8 Å². The molecule has 2 aromatic carbocycles. The van der Waals surface area contributed by atoms with Gasteiger partial charge in [-0.1, -0.05) is 37.6 Å². The lowest BCUT2D eigenvalue weighted by Gasteiger charge is -2.28. The Morgan fingerprint density at radius 2 is 1.69 bits per heavy atom. The highest BCUT2D eigenvalue weighted by molar-refractivity contribution is 7.94. The fourth-order valence-corrected chi connectivity index (χ4v) is 4.32. The van der Waals surface area contributed by atoms with Crippen molar-refractivity contribution in [3.05, 3.63) is 76.2 Å². The Morgan fingerprint density at radius 3 is 2.19 bits per heavy atom. The van der Waals surface area contributed by atoms with Gasteiger partial charge >= 0.3 is 0 Å². The highest BCUT2D eigenvalue weighted by atomic mass is 35.5. The van der Waals surface area contributed by atoms with E-state index < -0.39 is 15.9 Å². The Bertz CT molecular complexity index is 932. The van der Waals surface area contributed by atoms with Crippen LogP contribution in [0.2, 0.25) is 5.02 Å². The highest BCUT2D eigenvalue weighted by Gasteiger charge is 2.32. The van der Waals surface area contributed by atoms with Crippen molar-refractivity contribution in [3.8, 4) is 0 Å². The van der Waals surface area contributed by atoms with Gasteiger partial charge in [0.2, 0.25) is 0 Å². The van der Waals surface area contributed by atoms with Crippen molar-refractivity contribution in [1.29, 1.82) is 0 Å². The molecule has 4 nitrogen and oxygen atoms in total. The average Bonchev–Trinajstić information content (AvgIpc) is 2.95. The van der Waals surface area contributed by atoms with Crippen LogP contribution in [0.4, 0.5) is 5.69 Å². The maximum atomic E-state index is 13.1. The highest BCUT2D eigenvalue weighted by Crippen LogP contribution is 2.27. The lowest BCUT2D eigenvalue weighted by molar-refractivity contribution is 0.0983. The number of hydrogen-bond acceptors (Lipinski definition) is 3. The molecule has 0 saturated carbocycles. The smallest absolute Gasteiger partial charge is 0.258 e. The summed E-state index contributed by atoms with van der Waals surface area (Å²) in [7, 11) is -3.29. The van der Waals surface area contributed by atoms with Gasteiger partial charge in [0.15, 0.2) is 9.84 Å². The van der Waals surface area contributed by atoms with Gasteiger partial charge in [0.1, 0.15) is 0 Å². The summed E-state index contributed by atoms with van der Waals surface area (Å²) in [6.07, 6.45) is 1.57. The molecule has 26 heavy (non-hydrogen) atoms. The van der Waals surface area contributed by atoms with Gasteiger partial charge in [-0.15, -0.1) is 0 Å². The molecule has 3 rings (SSSR count). The van der Waals surface area contributed by atoms with Crippen molar-refractivity contribution in [2.24, 2.45) is 0 Å². The third-order valence-corrected chi connectivity index (χ3v) is 6.02. The van der Waals surface area contributed by atoms with Gasteiger partial charge in [0.25, 0.3) is 5.91 Å². The fourth-order valence-electron chi connectivity index (χ4n) is 2.93. The molecule has 2 aromatic rings. The summed E-state index contributed by atoms with van der Waals surface area (Å²) in [4.78, 5) is 14.7. The molecule has 1 atom stereocenters. The van der Waals surface area contributed by atoms with E-state index in [0.29, 0.717) is 22.2 Å². The van der Waals surface area contributed by atoms with E-state index in [4.69, 9.17) is 11.6 Å². The molecule has 0 N–H and O–H groups in total. The van der Waals surface area contributed by atoms with Crippen LogP contribution in [-0.2, 0) is 9.84 Å². The molecule has 136 valence electrons. The third-order valence-electron chi connectivity index (χ3n) is 4.39. The molecule has 0 fully saturated rings. The summed E-state index contributed by atoms with van der Waals surface area (Å²) < 4.78 is 23.8. The number of sulfone groups is 1. The number of halogens is 1. The molecule has 6 heteroatoms. The minimum Gasteiger partial charge on any atom is -0.300 e. The van der Waals surface area contributed by atoms with Crippen LogP contribution in [0.5, 0.6) is 0 Å². The van der Waals surface area contributed by atoms with Crippen LogP contribution in [0.3, 0.4) is 0 Å². The maximum absolute atomic E-state index is 13.1. The molecular weight excluding hydrogens is 370 g/mol. The number of hydrogen-bond donors (Lipinski definition) is 0. The zero-order valence-corrected chi connectivity index (χ0v) is 16.2. The second kappa shape index (κ2) is 7.25. The third kappa shape index (κ3) is 4.00. The van der Waals surface area contributed by atoms with Crippen molar-refractivity contribution in [1.82, 2.24) is 0 Å². The topological polar surface area (TPSA) is 54.5 Å². The number of rotatable bonds is 4. The second-order valence-electron chi connectivity index (χ2n) is 6.65. The molecule has 1 amide bonds. The van der Waals surface area contributed by atoms with Crippen LogP contribution in [-0.4, -0.2) is 26.1 Å². The summed E-state index contributed by atoms with van der Waals surface area (Å²) in [5.41, 5.74) is 2.28. The summed E-state index contributed by atoms with van der Waals surface area (Å²) in [5.74, 6) is 0.0000667. The summed E-state index contributed by atoms with van der Waals surface area (Å²) in [5, 5.41) is 1.72. The second-order valence-corrected chi connectivity index (χ2v) is 9.02. The number of amides is 1. The van der Waals surface area contributed by atoms with Crippen LogP contribution in [0.15, 0.2) is 60.0 Å². The fraction of sp³-hybridized carbons (Fsp3) is 0.250. The van der Waals surface area contributed by atoms with Crippen LogP contribution < -0.4 is 4.90 Å². The van der Waals surface area contributed by atoms with Gasteiger partial charge in [0, 0.05) is 21.7 Å². The Labute approximate surface area is 159 Å². The van der Waals surface area contributed by atoms with Gasteiger partial charge in [-0.3, -0.25) is 4.79 Å². The van der Waals surface area contributed by atoms with Crippen LogP contribution in [0.25, 0.3) is 0 Å². The lowest BCUT2D eigenvalue weighted by Crippen LogP contribution is -2.41. The van der Waals surface area contributed by atoms with Gasteiger partial charge in [-0.05, 0) is 54.0 Å². The van der Waals surface area contributed by atoms with E-state index in [1.165, 1.54) is 10.3 Å². The Morgan fingerprint density at radius 1 is 1.08 bits per heavy atom. The van der Waals surface area contributed by atoms with Gasteiger partial charge < -0.3 is 4.90 Å². The van der Waals surface area contributed by atoms with Gasteiger partial charge in [-0.2, -0.15) is 0 Å². The molecule has 0 unspecified atom stereocenters. The average molecular weight is 390 g/mol. The van der Waals surface area contributed by atoms with Crippen molar-refractivity contribution >= 4 is 33.0 Å². The van der Waals surface area contributed by atoms with E-state index in [9.17, 15) is 13.2 Å². The molecule has 0 bridgehead atoms. The monoisotopic (exact) mass is 389 g/mol. The van der Waals surface area contributed by atoms with Crippen LogP contribution >= 0.6 is 11.6 Å². The number of benzene rings is 2. The van der Waals surface area contributed by atoms with E-state index >= 15 is 0 Å². The van der Waals surface area contributed by atoms with Crippen molar-refractivity contribution in [3.63, 3.8) is 0 Å². The number of nitrogens with zero attached hydrogens (tertiary/aromatic N) is 1. The molecule has 1 aliphatic heterocycles. The zero-order valence-electron chi connectivity index (χ0n) is 14.6. The predicted octanol–water partition coefficient (Wildman–Crippen LogP) is 4.42. The molecule has 0 aromatic heterocycles. The summed E-state index contributed by atoms with van der Waals surface area (Å²) in [6, 6.07) is 13.7. The summed E-state index contributed by atoms with van der Waals surface area (Å²) in [6.45, 7) is 4.19. The number of carbonyl (C=O) groups is 1. The Hall–Kier alpha value is -2.11. The van der Waals surface area contributed by atoms with E-state index in [0.717, 1.165) is 5.56 Å². The SMILES string of the molecule is CC(C)c1ccc(N(C(=O)c2ccc(Cl)cc2)[C@H]2C=CS(=O)(=O)C2)cc1. The maximum Gasteiger partial charge on any atom is 0.258 e. The van der Waals surface area contributed by atoms with E-state index in [-0.39, 0.29) is 11.7 Å². The van der Waals surface area contributed by atoms with E-state index in [1.54, 1.807) is 30.3 Å². The molecule has 0 aliphatic carbocycles. The molecule has 0 radical (unpaired) electrons. The Kier molecular flexibility index (Phi) is 5.21. The standard InChI is InChI=1S/C20H20ClNO3S/c1-14(2)15-5-9-18(10-6-15)22(19-11-12-26(24,25)13-19)20(23)16-3-7-17(21)8-4-16/h3-12,14,19H,13H2,1-2H3/t19-/m0/s1. The molecule has 1 heterocycles. The lowest BCUT2D eigenvalue weighted by atomic mass is 10.0. The van der Waals surface area contributed by atoms with Gasteiger partial charge in [-0.25, -0.2) is 8.42 Å². The van der Waals surface area contributed by atoms with E-state index in [1.807, 2.05) is 24.3 Å². The molecular formula is C20H20ClNO3S. The first-order valence-electron chi connectivity index (χ1n) is 8.37. The first-order chi connectivity index (χ1) is 12.3. The molecule has 1 aliphatic rings.